The van der Waals surface area contributed by atoms with Gasteiger partial charge in [0, 0.05) is 31.9 Å². The standard InChI is InChI=1S/C17H21N3O2/c21-16(7-4-10-19-12-9-18-14-19)20-11-8-17(22,13-20)15-5-2-1-3-6-15/h1-3,5-6,9,12,14,22H,4,7-8,10-11,13H2. The molecule has 1 aliphatic heterocycles. The van der Waals surface area contributed by atoms with Crippen molar-refractivity contribution in [2.24, 2.45) is 0 Å². The number of benzene rings is 1. The van der Waals surface area contributed by atoms with E-state index in [4.69, 9.17) is 0 Å². The molecule has 1 N–H and O–H groups in total. The van der Waals surface area contributed by atoms with Crippen molar-refractivity contribution in [1.29, 1.82) is 0 Å². The van der Waals surface area contributed by atoms with E-state index in [2.05, 4.69) is 4.98 Å². The predicted octanol–water partition coefficient (Wildman–Crippen LogP) is 1.78. The van der Waals surface area contributed by atoms with Gasteiger partial charge in [-0.2, -0.15) is 0 Å². The number of aromatic nitrogens is 2. The number of carbonyl (C=O) groups excluding carboxylic acids is 1. The van der Waals surface area contributed by atoms with Gasteiger partial charge in [0.1, 0.15) is 5.60 Å². The van der Waals surface area contributed by atoms with E-state index in [1.54, 1.807) is 17.4 Å². The van der Waals surface area contributed by atoms with Gasteiger partial charge in [-0.1, -0.05) is 30.3 Å². The molecule has 0 radical (unpaired) electrons. The van der Waals surface area contributed by atoms with Gasteiger partial charge in [-0.25, -0.2) is 4.98 Å². The quantitative estimate of drug-likeness (QED) is 0.915. The summed E-state index contributed by atoms with van der Waals surface area (Å²) < 4.78 is 1.97. The second-order valence-electron chi connectivity index (χ2n) is 5.87. The number of β-amino-alcohol motifs (C(OH)–C–C–N with tert-alkyl or cyclic N) is 1. The fourth-order valence-corrected chi connectivity index (χ4v) is 2.98. The molecule has 1 fully saturated rings. The Hall–Kier alpha value is -2.14. The van der Waals surface area contributed by atoms with Gasteiger partial charge < -0.3 is 14.6 Å². The van der Waals surface area contributed by atoms with E-state index < -0.39 is 5.60 Å². The molecule has 1 saturated heterocycles. The molecule has 1 unspecified atom stereocenters. The molecule has 1 aliphatic rings. The minimum Gasteiger partial charge on any atom is -0.383 e. The third-order valence-corrected chi connectivity index (χ3v) is 4.28. The molecule has 0 bridgehead atoms. The minimum absolute atomic E-state index is 0.118. The lowest BCUT2D eigenvalue weighted by atomic mass is 9.93. The van der Waals surface area contributed by atoms with Crippen LogP contribution < -0.4 is 0 Å². The highest BCUT2D eigenvalue weighted by molar-refractivity contribution is 5.76. The van der Waals surface area contributed by atoms with E-state index in [9.17, 15) is 9.90 Å². The van der Waals surface area contributed by atoms with E-state index in [1.165, 1.54) is 0 Å². The summed E-state index contributed by atoms with van der Waals surface area (Å²) in [4.78, 5) is 18.0. The van der Waals surface area contributed by atoms with Gasteiger partial charge in [0.25, 0.3) is 0 Å². The molecule has 1 aromatic carbocycles. The van der Waals surface area contributed by atoms with Gasteiger partial charge in [0.2, 0.25) is 5.91 Å². The summed E-state index contributed by atoms with van der Waals surface area (Å²) in [5, 5.41) is 10.8. The van der Waals surface area contributed by atoms with E-state index in [0.29, 0.717) is 25.9 Å². The Labute approximate surface area is 130 Å². The number of imidazole rings is 1. The van der Waals surface area contributed by atoms with Gasteiger partial charge in [-0.05, 0) is 18.4 Å². The number of hydrogen-bond donors (Lipinski definition) is 1. The second kappa shape index (κ2) is 6.32. The number of likely N-dealkylation sites (tertiary alicyclic amines) is 1. The van der Waals surface area contributed by atoms with Gasteiger partial charge in [0.15, 0.2) is 0 Å². The van der Waals surface area contributed by atoms with Crippen molar-refractivity contribution < 1.29 is 9.90 Å². The molecule has 2 aromatic rings. The van der Waals surface area contributed by atoms with Crippen LogP contribution in [0.5, 0.6) is 0 Å². The first kappa shape index (κ1) is 14.8. The van der Waals surface area contributed by atoms with Crippen molar-refractivity contribution >= 4 is 5.91 Å². The monoisotopic (exact) mass is 299 g/mol. The number of amides is 1. The Morgan fingerprint density at radius 2 is 2.14 bits per heavy atom. The van der Waals surface area contributed by atoms with Crippen LogP contribution in [0.25, 0.3) is 0 Å². The SMILES string of the molecule is O=C(CCCn1ccnc1)N1CCC(O)(c2ccccc2)C1. The van der Waals surface area contributed by atoms with Crippen LogP contribution in [-0.4, -0.2) is 38.6 Å². The van der Waals surface area contributed by atoms with Crippen LogP contribution in [0, 0.1) is 0 Å². The molecular formula is C17H21N3O2. The van der Waals surface area contributed by atoms with E-state index >= 15 is 0 Å². The first-order valence-electron chi connectivity index (χ1n) is 7.69. The summed E-state index contributed by atoms with van der Waals surface area (Å²) in [6, 6.07) is 9.62. The van der Waals surface area contributed by atoms with Crippen LogP contribution in [0.1, 0.15) is 24.8 Å². The van der Waals surface area contributed by atoms with Gasteiger partial charge in [-0.3, -0.25) is 4.79 Å². The van der Waals surface area contributed by atoms with Crippen LogP contribution in [0.4, 0.5) is 0 Å². The zero-order chi connectivity index (χ0) is 15.4. The number of hydrogen-bond acceptors (Lipinski definition) is 3. The van der Waals surface area contributed by atoms with Crippen molar-refractivity contribution in [3.05, 3.63) is 54.6 Å². The minimum atomic E-state index is -0.902. The summed E-state index contributed by atoms with van der Waals surface area (Å²) in [6.45, 7) is 1.80. The van der Waals surface area contributed by atoms with E-state index in [1.807, 2.05) is 41.1 Å². The zero-order valence-corrected chi connectivity index (χ0v) is 12.6. The Kier molecular flexibility index (Phi) is 4.24. The molecule has 1 amide bonds. The molecule has 5 heteroatoms. The first-order chi connectivity index (χ1) is 10.7. The number of aliphatic hydroxyl groups is 1. The third kappa shape index (κ3) is 3.20. The Balaban J connectivity index is 1.52. The summed E-state index contributed by atoms with van der Waals surface area (Å²) >= 11 is 0. The molecule has 2 heterocycles. The summed E-state index contributed by atoms with van der Waals surface area (Å²) in [5.74, 6) is 0.118. The molecule has 116 valence electrons. The van der Waals surface area contributed by atoms with Gasteiger partial charge in [0.05, 0.1) is 12.9 Å². The fourth-order valence-electron chi connectivity index (χ4n) is 2.98. The molecule has 1 atom stereocenters. The molecule has 1 aromatic heterocycles. The molecule has 0 saturated carbocycles. The van der Waals surface area contributed by atoms with Crippen LogP contribution in [0.3, 0.4) is 0 Å². The predicted molar refractivity (Wildman–Crippen MR) is 83.0 cm³/mol. The van der Waals surface area contributed by atoms with Crippen molar-refractivity contribution in [2.45, 2.75) is 31.4 Å². The molecule has 5 nitrogen and oxygen atoms in total. The first-order valence-corrected chi connectivity index (χ1v) is 7.69. The lowest BCUT2D eigenvalue weighted by Crippen LogP contribution is -2.34. The number of aryl methyl sites for hydroxylation is 1. The Morgan fingerprint density at radius 3 is 2.86 bits per heavy atom. The molecule has 3 rings (SSSR count). The van der Waals surface area contributed by atoms with Crippen LogP contribution in [0.2, 0.25) is 0 Å². The molecule has 0 aliphatic carbocycles. The maximum atomic E-state index is 12.3. The Bertz CT molecular complexity index is 612. The number of carbonyl (C=O) groups is 1. The summed E-state index contributed by atoms with van der Waals surface area (Å²) in [6.07, 6.45) is 7.29. The number of rotatable bonds is 5. The molecule has 0 spiro atoms. The number of nitrogens with zero attached hydrogens (tertiary/aromatic N) is 3. The van der Waals surface area contributed by atoms with Crippen LogP contribution in [-0.2, 0) is 16.9 Å². The fraction of sp³-hybridized carbons (Fsp3) is 0.412. The maximum Gasteiger partial charge on any atom is 0.222 e. The topological polar surface area (TPSA) is 58.4 Å². The zero-order valence-electron chi connectivity index (χ0n) is 12.6. The smallest absolute Gasteiger partial charge is 0.222 e. The summed E-state index contributed by atoms with van der Waals surface area (Å²) in [7, 11) is 0. The van der Waals surface area contributed by atoms with E-state index in [0.717, 1.165) is 18.5 Å². The normalized spacial score (nSPS) is 21.2. The van der Waals surface area contributed by atoms with Crippen LogP contribution >= 0.6 is 0 Å². The average molecular weight is 299 g/mol. The third-order valence-electron chi connectivity index (χ3n) is 4.28. The van der Waals surface area contributed by atoms with Crippen molar-refractivity contribution in [3.63, 3.8) is 0 Å². The highest BCUT2D eigenvalue weighted by Crippen LogP contribution is 2.32. The summed E-state index contributed by atoms with van der Waals surface area (Å²) in [5.41, 5.74) is -0.00919. The van der Waals surface area contributed by atoms with Crippen LogP contribution in [0.15, 0.2) is 49.1 Å². The van der Waals surface area contributed by atoms with E-state index in [-0.39, 0.29) is 5.91 Å². The largest absolute Gasteiger partial charge is 0.383 e. The van der Waals surface area contributed by atoms with Crippen molar-refractivity contribution in [2.75, 3.05) is 13.1 Å². The highest BCUT2D eigenvalue weighted by atomic mass is 16.3. The lowest BCUT2D eigenvalue weighted by molar-refractivity contribution is -0.131. The average Bonchev–Trinajstić information content (AvgIpc) is 3.19. The highest BCUT2D eigenvalue weighted by Gasteiger charge is 2.39. The van der Waals surface area contributed by atoms with Crippen molar-refractivity contribution in [3.8, 4) is 0 Å². The van der Waals surface area contributed by atoms with Gasteiger partial charge >= 0.3 is 0 Å². The second-order valence-corrected chi connectivity index (χ2v) is 5.87. The maximum absolute atomic E-state index is 12.3. The van der Waals surface area contributed by atoms with Gasteiger partial charge in [-0.15, -0.1) is 0 Å². The molecule has 22 heavy (non-hydrogen) atoms. The van der Waals surface area contributed by atoms with Crippen molar-refractivity contribution in [1.82, 2.24) is 14.5 Å². The Morgan fingerprint density at radius 1 is 1.32 bits per heavy atom. The molecular weight excluding hydrogens is 278 g/mol. The lowest BCUT2D eigenvalue weighted by Gasteiger charge is -2.24.